The van der Waals surface area contributed by atoms with Gasteiger partial charge in [0.1, 0.15) is 0 Å². The number of aliphatic carboxylic acids is 1. The summed E-state index contributed by atoms with van der Waals surface area (Å²) in [5, 5.41) is 13.0. The first-order chi connectivity index (χ1) is 10.6. The van der Waals surface area contributed by atoms with Gasteiger partial charge in [-0.1, -0.05) is 35.9 Å². The fraction of sp³-hybridized carbons (Fsp3) is 0.412. The molecule has 4 atom stereocenters. The number of amides is 1. The van der Waals surface area contributed by atoms with Crippen LogP contribution < -0.4 is 5.32 Å². The van der Waals surface area contributed by atoms with Gasteiger partial charge in [0.05, 0.1) is 11.8 Å². The number of hydrogen-bond acceptors (Lipinski definition) is 2. The molecular weight excluding hydrogens is 302 g/mol. The first-order valence-corrected chi connectivity index (χ1v) is 7.87. The average Bonchev–Trinajstić information content (AvgIpc) is 2.54. The summed E-state index contributed by atoms with van der Waals surface area (Å²) in [6.45, 7) is 0.389. The first-order valence-electron chi connectivity index (χ1n) is 7.49. The molecule has 116 valence electrons. The van der Waals surface area contributed by atoms with Crippen molar-refractivity contribution in [2.45, 2.75) is 19.4 Å². The van der Waals surface area contributed by atoms with Gasteiger partial charge in [0.25, 0.3) is 0 Å². The van der Waals surface area contributed by atoms with E-state index in [0.29, 0.717) is 11.6 Å². The van der Waals surface area contributed by atoms with Crippen molar-refractivity contribution in [2.75, 3.05) is 0 Å². The number of carboxylic acid groups (broad SMARTS) is 1. The summed E-state index contributed by atoms with van der Waals surface area (Å²) in [5.74, 6) is -2.08. The summed E-state index contributed by atoms with van der Waals surface area (Å²) in [5.41, 5.74) is 0.945. The van der Waals surface area contributed by atoms with E-state index in [1.807, 2.05) is 24.3 Å². The summed E-state index contributed by atoms with van der Waals surface area (Å²) >= 11 is 5.83. The highest BCUT2D eigenvalue weighted by Crippen LogP contribution is 2.45. The molecule has 0 aliphatic heterocycles. The van der Waals surface area contributed by atoms with Crippen LogP contribution in [0, 0.1) is 23.7 Å². The molecule has 3 aliphatic rings. The van der Waals surface area contributed by atoms with Crippen LogP contribution in [-0.4, -0.2) is 17.0 Å². The van der Waals surface area contributed by atoms with E-state index in [1.165, 1.54) is 0 Å². The van der Waals surface area contributed by atoms with Gasteiger partial charge < -0.3 is 10.4 Å². The number of rotatable bonds is 4. The highest BCUT2D eigenvalue weighted by molar-refractivity contribution is 6.30. The molecule has 22 heavy (non-hydrogen) atoms. The second-order valence-electron chi connectivity index (χ2n) is 6.02. The van der Waals surface area contributed by atoms with Gasteiger partial charge in [0.15, 0.2) is 0 Å². The van der Waals surface area contributed by atoms with Crippen molar-refractivity contribution in [2.24, 2.45) is 23.7 Å². The van der Waals surface area contributed by atoms with Gasteiger partial charge in [0.2, 0.25) is 5.91 Å². The molecule has 0 aromatic heterocycles. The zero-order valence-corrected chi connectivity index (χ0v) is 12.8. The summed E-state index contributed by atoms with van der Waals surface area (Å²) in [4.78, 5) is 24.1. The lowest BCUT2D eigenvalue weighted by Crippen LogP contribution is -2.48. The maximum atomic E-state index is 12.5. The number of carboxylic acids is 1. The maximum absolute atomic E-state index is 12.5. The van der Waals surface area contributed by atoms with Crippen molar-refractivity contribution < 1.29 is 14.7 Å². The number of nitrogens with one attached hydrogen (secondary N) is 1. The molecule has 2 bridgehead atoms. The van der Waals surface area contributed by atoms with Crippen LogP contribution in [0.3, 0.4) is 0 Å². The number of carbonyl (C=O) groups is 2. The predicted molar refractivity (Wildman–Crippen MR) is 83.3 cm³/mol. The van der Waals surface area contributed by atoms with Crippen molar-refractivity contribution >= 4 is 23.5 Å². The van der Waals surface area contributed by atoms with Crippen LogP contribution >= 0.6 is 11.6 Å². The minimum atomic E-state index is -0.870. The van der Waals surface area contributed by atoms with E-state index >= 15 is 0 Å². The Labute approximate surface area is 134 Å². The number of halogens is 1. The molecule has 0 saturated heterocycles. The van der Waals surface area contributed by atoms with Gasteiger partial charge in [0, 0.05) is 11.6 Å². The van der Waals surface area contributed by atoms with Gasteiger partial charge in [-0.25, -0.2) is 0 Å². The fourth-order valence-electron chi connectivity index (χ4n) is 3.60. The lowest BCUT2D eigenvalue weighted by atomic mass is 9.62. The normalized spacial score (nSPS) is 29.3. The number of fused-ring (bicyclic) bond motifs is 2. The summed E-state index contributed by atoms with van der Waals surface area (Å²) in [6.07, 6.45) is 5.74. The Morgan fingerprint density at radius 2 is 1.68 bits per heavy atom. The Balaban J connectivity index is 1.69. The summed E-state index contributed by atoms with van der Waals surface area (Å²) < 4.78 is 0. The smallest absolute Gasteiger partial charge is 0.307 e. The van der Waals surface area contributed by atoms with Crippen LogP contribution in [-0.2, 0) is 16.1 Å². The molecule has 1 amide bonds. The highest BCUT2D eigenvalue weighted by atomic mass is 35.5. The molecule has 1 aromatic carbocycles. The Morgan fingerprint density at radius 1 is 1.09 bits per heavy atom. The minimum absolute atomic E-state index is 0.0196. The molecule has 0 spiro atoms. The van der Waals surface area contributed by atoms with Gasteiger partial charge in [-0.15, -0.1) is 0 Å². The Hall–Kier alpha value is -1.81. The monoisotopic (exact) mass is 319 g/mol. The standard InChI is InChI=1S/C17H18ClNO3/c18-13-7-1-10(2-8-13)9-19-16(20)14-11-3-5-12(6-4-11)15(14)17(21)22/h1-3,5,7-8,11-12,14-15H,4,6,9H2,(H,19,20)(H,21,22)/t11-,12+,14-,15+/m1/s1. The highest BCUT2D eigenvalue weighted by Gasteiger charge is 2.47. The summed E-state index contributed by atoms with van der Waals surface area (Å²) in [7, 11) is 0. The van der Waals surface area contributed by atoms with Crippen LogP contribution in [0.2, 0.25) is 5.02 Å². The fourth-order valence-corrected chi connectivity index (χ4v) is 3.72. The van der Waals surface area contributed by atoms with E-state index in [0.717, 1.165) is 18.4 Å². The van der Waals surface area contributed by atoms with Gasteiger partial charge in [-0.2, -0.15) is 0 Å². The molecule has 0 heterocycles. The van der Waals surface area contributed by atoms with Gasteiger partial charge >= 0.3 is 5.97 Å². The van der Waals surface area contributed by atoms with E-state index in [9.17, 15) is 14.7 Å². The lowest BCUT2D eigenvalue weighted by Gasteiger charge is -2.41. The van der Waals surface area contributed by atoms with Crippen LogP contribution in [0.5, 0.6) is 0 Å². The second kappa shape index (κ2) is 6.13. The predicted octanol–water partition coefficient (Wildman–Crippen LogP) is 2.87. The SMILES string of the molecule is O=C(O)[C@@H]1[C@H](C(=O)NCc2ccc(Cl)cc2)[C@@H]2C=C[C@H]1CC2. The maximum Gasteiger partial charge on any atom is 0.307 e. The first kappa shape index (κ1) is 15.1. The third kappa shape index (κ3) is 2.88. The largest absolute Gasteiger partial charge is 0.481 e. The molecule has 1 saturated carbocycles. The van der Waals surface area contributed by atoms with Crippen LogP contribution in [0.25, 0.3) is 0 Å². The van der Waals surface area contributed by atoms with E-state index in [2.05, 4.69) is 5.32 Å². The van der Waals surface area contributed by atoms with Crippen molar-refractivity contribution in [3.05, 3.63) is 47.0 Å². The van der Waals surface area contributed by atoms with Crippen molar-refractivity contribution in [3.8, 4) is 0 Å². The molecule has 5 heteroatoms. The van der Waals surface area contributed by atoms with Crippen molar-refractivity contribution in [3.63, 3.8) is 0 Å². The Kier molecular flexibility index (Phi) is 4.21. The minimum Gasteiger partial charge on any atom is -0.481 e. The molecule has 1 fully saturated rings. The number of benzene rings is 1. The van der Waals surface area contributed by atoms with Crippen LogP contribution in [0.4, 0.5) is 0 Å². The lowest BCUT2D eigenvalue weighted by molar-refractivity contribution is -0.153. The zero-order chi connectivity index (χ0) is 15.7. The van der Waals surface area contributed by atoms with Crippen molar-refractivity contribution in [1.82, 2.24) is 5.32 Å². The third-order valence-corrected chi connectivity index (χ3v) is 4.97. The molecule has 2 N–H and O–H groups in total. The van der Waals surface area contributed by atoms with Gasteiger partial charge in [-0.05, 0) is 42.4 Å². The number of hydrogen-bond donors (Lipinski definition) is 2. The van der Waals surface area contributed by atoms with Crippen LogP contribution in [0.15, 0.2) is 36.4 Å². The van der Waals surface area contributed by atoms with Crippen molar-refractivity contribution in [1.29, 1.82) is 0 Å². The average molecular weight is 320 g/mol. The molecule has 0 radical (unpaired) electrons. The Morgan fingerprint density at radius 3 is 2.23 bits per heavy atom. The molecule has 1 aromatic rings. The van der Waals surface area contributed by atoms with E-state index in [1.54, 1.807) is 12.1 Å². The van der Waals surface area contributed by atoms with E-state index in [4.69, 9.17) is 11.6 Å². The molecular formula is C17H18ClNO3. The Bertz CT molecular complexity index is 611. The summed E-state index contributed by atoms with van der Waals surface area (Å²) in [6, 6.07) is 7.25. The topological polar surface area (TPSA) is 66.4 Å². The quantitative estimate of drug-likeness (QED) is 0.839. The molecule has 0 unspecified atom stereocenters. The van der Waals surface area contributed by atoms with Crippen LogP contribution in [0.1, 0.15) is 18.4 Å². The number of carbonyl (C=O) groups excluding carboxylic acids is 1. The molecule has 3 aliphatic carbocycles. The van der Waals surface area contributed by atoms with Gasteiger partial charge in [-0.3, -0.25) is 9.59 Å². The van der Waals surface area contributed by atoms with E-state index < -0.39 is 17.8 Å². The molecule has 4 rings (SSSR count). The second-order valence-corrected chi connectivity index (χ2v) is 6.46. The number of allylic oxidation sites excluding steroid dienone is 2. The zero-order valence-electron chi connectivity index (χ0n) is 12.0. The van der Waals surface area contributed by atoms with E-state index in [-0.39, 0.29) is 17.7 Å². The molecule has 4 nitrogen and oxygen atoms in total. The third-order valence-electron chi connectivity index (χ3n) is 4.72.